The number of methoxy groups -OCH3 is 4. The van der Waals surface area contributed by atoms with E-state index < -0.39 is 29.9 Å². The van der Waals surface area contributed by atoms with Gasteiger partial charge in [-0.3, -0.25) is 9.59 Å². The van der Waals surface area contributed by atoms with E-state index >= 15 is 0 Å². The van der Waals surface area contributed by atoms with Crippen molar-refractivity contribution in [1.29, 1.82) is 10.5 Å². The lowest BCUT2D eigenvalue weighted by Gasteiger charge is -2.29. The molecule has 1 unspecified atom stereocenters. The van der Waals surface area contributed by atoms with Crippen LogP contribution in [0.25, 0.3) is 22.4 Å². The summed E-state index contributed by atoms with van der Waals surface area (Å²) in [6.07, 6.45) is -0.784. The van der Waals surface area contributed by atoms with Crippen LogP contribution in [0.2, 0.25) is 0 Å². The van der Waals surface area contributed by atoms with Crippen molar-refractivity contribution < 1.29 is 38.1 Å². The van der Waals surface area contributed by atoms with Crippen molar-refractivity contribution in [3.05, 3.63) is 99.6 Å². The lowest BCUT2D eigenvalue weighted by atomic mass is 10.0. The molecule has 272 valence electrons. The van der Waals surface area contributed by atoms with Gasteiger partial charge in [0.1, 0.15) is 23.2 Å². The first-order chi connectivity index (χ1) is 26.0. The van der Waals surface area contributed by atoms with E-state index in [4.69, 9.17) is 35.4 Å². The number of nitrogens with zero attached hydrogens (tertiary/aromatic N) is 5. The van der Waals surface area contributed by atoms with E-state index in [1.165, 1.54) is 58.8 Å². The van der Waals surface area contributed by atoms with E-state index in [0.29, 0.717) is 28.0 Å². The van der Waals surface area contributed by atoms with Gasteiger partial charge < -0.3 is 45.2 Å². The van der Waals surface area contributed by atoms with E-state index in [1.54, 1.807) is 34.9 Å². The highest BCUT2D eigenvalue weighted by Crippen LogP contribution is 2.48. The van der Waals surface area contributed by atoms with Gasteiger partial charge in [-0.15, -0.1) is 0 Å². The smallest absolute Gasteiger partial charge is 0.338 e. The molecule has 2 heterocycles. The summed E-state index contributed by atoms with van der Waals surface area (Å²) in [7, 11) is 5.23. The fourth-order valence-corrected chi connectivity index (χ4v) is 6.65. The Kier molecular flexibility index (Phi) is 9.77. The van der Waals surface area contributed by atoms with Crippen molar-refractivity contribution in [2.45, 2.75) is 12.7 Å². The monoisotopic (exact) mass is 728 g/mol. The van der Waals surface area contributed by atoms with Crippen molar-refractivity contribution in [3.8, 4) is 35.0 Å². The van der Waals surface area contributed by atoms with Crippen LogP contribution in [0.1, 0.15) is 64.3 Å². The third-order valence-electron chi connectivity index (χ3n) is 9.09. The molecule has 0 aliphatic carbocycles. The number of primary amides is 2. The summed E-state index contributed by atoms with van der Waals surface area (Å²) >= 11 is 0. The number of fused-ring (bicyclic) bond motifs is 2. The molecule has 2 amide bonds. The molecule has 0 fully saturated rings. The standard InChI is InChI=1S/C38H32N8O8/c1-51-31-23(33(41)47)9-11-27-29(31)43-35(21-7-5-19(17-39)15-25(21)37(49)53-3)45(27)13-14-46-28-12-10-24(34(42)48)32(52-2)30(28)44-36(46)22-8-6-20(18-40)16-26(22)38(50)54-4/h5-12,15-16,35,43H,13-14H2,1-4H3,(H2,41,47)(H2,42,48). The third-order valence-corrected chi connectivity index (χ3v) is 9.09. The number of hydrogen-bond acceptors (Lipinski definition) is 13. The zero-order valence-electron chi connectivity index (χ0n) is 29.4. The summed E-state index contributed by atoms with van der Waals surface area (Å²) in [4.78, 5) is 57.8. The summed E-state index contributed by atoms with van der Waals surface area (Å²) in [5, 5.41) is 22.6. The zero-order valence-corrected chi connectivity index (χ0v) is 29.4. The van der Waals surface area contributed by atoms with E-state index in [-0.39, 0.29) is 69.3 Å². The number of nitrogens with one attached hydrogen (secondary N) is 1. The van der Waals surface area contributed by atoms with Crippen LogP contribution in [0.15, 0.2) is 60.7 Å². The normalized spacial score (nSPS) is 12.9. The minimum Gasteiger partial charge on any atom is -0.494 e. The summed E-state index contributed by atoms with van der Waals surface area (Å²) in [6, 6.07) is 19.6. The molecule has 1 atom stereocenters. The predicted octanol–water partition coefficient (Wildman–Crippen LogP) is 3.87. The summed E-state index contributed by atoms with van der Waals surface area (Å²) in [5.41, 5.74) is 14.7. The highest BCUT2D eigenvalue weighted by atomic mass is 16.5. The second kappa shape index (κ2) is 14.6. The molecule has 54 heavy (non-hydrogen) atoms. The van der Waals surface area contributed by atoms with Crippen LogP contribution in [-0.2, 0) is 16.0 Å². The molecule has 16 nitrogen and oxygen atoms in total. The second-order valence-electron chi connectivity index (χ2n) is 11.9. The molecule has 16 heteroatoms. The van der Waals surface area contributed by atoms with Gasteiger partial charge >= 0.3 is 11.9 Å². The van der Waals surface area contributed by atoms with Crippen LogP contribution in [0.4, 0.5) is 11.4 Å². The quantitative estimate of drug-likeness (QED) is 0.164. The maximum absolute atomic E-state index is 13.1. The number of nitriles is 2. The topological polar surface area (TPSA) is 238 Å². The van der Waals surface area contributed by atoms with Gasteiger partial charge in [0.2, 0.25) is 0 Å². The number of carbonyl (C=O) groups is 4. The van der Waals surface area contributed by atoms with Crippen molar-refractivity contribution in [1.82, 2.24) is 9.55 Å². The molecule has 0 saturated carbocycles. The number of nitrogens with two attached hydrogens (primary N) is 2. The van der Waals surface area contributed by atoms with Gasteiger partial charge in [-0.25, -0.2) is 14.6 Å². The highest BCUT2D eigenvalue weighted by Gasteiger charge is 2.36. The maximum atomic E-state index is 13.1. The summed E-state index contributed by atoms with van der Waals surface area (Å²) in [5.74, 6) is -2.29. The Morgan fingerprint density at radius 1 is 0.759 bits per heavy atom. The number of rotatable bonds is 11. The Balaban J connectivity index is 1.58. The molecule has 6 rings (SSSR count). The third kappa shape index (κ3) is 6.07. The molecule has 1 aliphatic rings. The van der Waals surface area contributed by atoms with Gasteiger partial charge in [0.25, 0.3) is 11.8 Å². The van der Waals surface area contributed by atoms with Crippen molar-refractivity contribution in [2.75, 3.05) is 45.2 Å². The lowest BCUT2D eigenvalue weighted by molar-refractivity contribution is 0.0591. The molecule has 1 aromatic heterocycles. The Morgan fingerprint density at radius 2 is 1.35 bits per heavy atom. The Morgan fingerprint density at radius 3 is 1.96 bits per heavy atom. The molecule has 5 N–H and O–H groups in total. The number of hydrogen-bond donors (Lipinski definition) is 3. The minimum atomic E-state index is -0.784. The van der Waals surface area contributed by atoms with Crippen LogP contribution < -0.4 is 31.2 Å². The average molecular weight is 729 g/mol. The van der Waals surface area contributed by atoms with Crippen LogP contribution in [0.3, 0.4) is 0 Å². The number of anilines is 2. The number of esters is 2. The van der Waals surface area contributed by atoms with Crippen molar-refractivity contribution in [3.63, 3.8) is 0 Å². The summed E-state index contributed by atoms with van der Waals surface area (Å²) in [6.45, 7) is 0.319. The second-order valence-corrected chi connectivity index (χ2v) is 11.9. The molecule has 0 saturated heterocycles. The minimum absolute atomic E-state index is 0.0669. The van der Waals surface area contributed by atoms with Gasteiger partial charge in [-0.1, -0.05) is 6.07 Å². The average Bonchev–Trinajstić information content (AvgIpc) is 3.75. The predicted molar refractivity (Wildman–Crippen MR) is 194 cm³/mol. The summed E-state index contributed by atoms with van der Waals surface area (Å²) < 4.78 is 23.3. The van der Waals surface area contributed by atoms with Crippen molar-refractivity contribution >= 4 is 46.2 Å². The number of ether oxygens (including phenoxy) is 4. The molecular weight excluding hydrogens is 696 g/mol. The zero-order chi connectivity index (χ0) is 38.8. The number of aromatic nitrogens is 2. The Labute approximate surface area is 308 Å². The van der Waals surface area contributed by atoms with Gasteiger partial charge in [-0.05, 0) is 54.6 Å². The van der Waals surface area contributed by atoms with Crippen LogP contribution in [-0.4, -0.2) is 68.3 Å². The Bertz CT molecular complexity index is 2480. The maximum Gasteiger partial charge on any atom is 0.338 e. The van der Waals surface area contributed by atoms with Crippen LogP contribution >= 0.6 is 0 Å². The highest BCUT2D eigenvalue weighted by molar-refractivity contribution is 6.04. The molecule has 0 bridgehead atoms. The SMILES string of the molecule is COC(=O)c1cc(C#N)ccc1-c1nc2c(OC)c(C(N)=O)ccc2n1CCN1c2ccc(C(N)=O)c(OC)c2NC1c1ccc(C#N)cc1C(=O)OC. The van der Waals surface area contributed by atoms with E-state index in [0.717, 1.165) is 0 Å². The van der Waals surface area contributed by atoms with E-state index in [2.05, 4.69) is 5.32 Å². The van der Waals surface area contributed by atoms with Crippen LogP contribution in [0, 0.1) is 22.7 Å². The molecule has 0 spiro atoms. The van der Waals surface area contributed by atoms with E-state index in [1.807, 2.05) is 17.0 Å². The number of benzene rings is 4. The molecule has 4 aromatic carbocycles. The number of imidazole rings is 1. The fourth-order valence-electron chi connectivity index (χ4n) is 6.65. The molecular formula is C38H32N8O8. The largest absolute Gasteiger partial charge is 0.494 e. The molecule has 0 radical (unpaired) electrons. The van der Waals surface area contributed by atoms with Gasteiger partial charge in [-0.2, -0.15) is 10.5 Å². The molecule has 5 aromatic rings. The Hall–Kier alpha value is -7.59. The van der Waals surface area contributed by atoms with Gasteiger partial charge in [0.05, 0.1) is 85.2 Å². The lowest BCUT2D eigenvalue weighted by Crippen LogP contribution is -2.32. The van der Waals surface area contributed by atoms with Crippen LogP contribution in [0.5, 0.6) is 11.5 Å². The number of amides is 2. The van der Waals surface area contributed by atoms with E-state index in [9.17, 15) is 29.7 Å². The van der Waals surface area contributed by atoms with Gasteiger partial charge in [0, 0.05) is 24.2 Å². The molecule has 1 aliphatic heterocycles. The number of carbonyl (C=O) groups excluding carboxylic acids is 4. The first-order valence-electron chi connectivity index (χ1n) is 16.2. The first kappa shape index (κ1) is 36.2. The fraction of sp³-hybridized carbons (Fsp3) is 0.184. The first-order valence-corrected chi connectivity index (χ1v) is 16.2. The van der Waals surface area contributed by atoms with Gasteiger partial charge in [0.15, 0.2) is 11.5 Å². The van der Waals surface area contributed by atoms with Crippen molar-refractivity contribution in [2.24, 2.45) is 11.5 Å².